The topological polar surface area (TPSA) is 25.8 Å². The first-order valence-corrected chi connectivity index (χ1v) is 4.27. The quantitative estimate of drug-likeness (QED) is 0.670. The van der Waals surface area contributed by atoms with Crippen LogP contribution in [0.2, 0.25) is 0 Å². The maximum Gasteiger partial charge on any atom is 0.416 e. The second kappa shape index (κ2) is 3.18. The Bertz CT molecular complexity index is 505. The Labute approximate surface area is 83.8 Å². The smallest absolute Gasteiger partial charge is 0.253 e. The summed E-state index contributed by atoms with van der Waals surface area (Å²) in [6, 6.07) is 3.34. The molecule has 1 aromatic carbocycles. The molecule has 0 radical (unpaired) electrons. The highest BCUT2D eigenvalue weighted by Gasteiger charge is 2.30. The second-order valence-electron chi connectivity index (χ2n) is 3.21. The molecule has 0 aliphatic heterocycles. The van der Waals surface area contributed by atoms with Crippen molar-refractivity contribution in [1.29, 1.82) is 0 Å². The van der Waals surface area contributed by atoms with Crippen LogP contribution in [0.25, 0.3) is 11.0 Å². The Morgan fingerprint density at radius 2 is 1.87 bits per heavy atom. The lowest BCUT2D eigenvalue weighted by molar-refractivity contribution is -0.137. The SMILES string of the molecule is Cc1cnc2cc(C(F)(F)F)ccc2n1. The minimum atomic E-state index is -4.33. The minimum Gasteiger partial charge on any atom is -0.253 e. The van der Waals surface area contributed by atoms with E-state index in [1.807, 2.05) is 0 Å². The maximum atomic E-state index is 12.3. The zero-order valence-electron chi connectivity index (χ0n) is 7.84. The van der Waals surface area contributed by atoms with Crippen molar-refractivity contribution < 1.29 is 13.2 Å². The van der Waals surface area contributed by atoms with Crippen LogP contribution in [0.4, 0.5) is 13.2 Å². The molecule has 0 spiro atoms. The molecule has 0 saturated heterocycles. The van der Waals surface area contributed by atoms with Crippen LogP contribution in [0.5, 0.6) is 0 Å². The number of hydrogen-bond acceptors (Lipinski definition) is 2. The van der Waals surface area contributed by atoms with Crippen LogP contribution in [-0.4, -0.2) is 9.97 Å². The van der Waals surface area contributed by atoms with Crippen molar-refractivity contribution in [3.8, 4) is 0 Å². The van der Waals surface area contributed by atoms with E-state index in [9.17, 15) is 13.2 Å². The third kappa shape index (κ3) is 1.91. The van der Waals surface area contributed by atoms with E-state index < -0.39 is 11.7 Å². The van der Waals surface area contributed by atoms with Gasteiger partial charge in [-0.25, -0.2) is 4.98 Å². The van der Waals surface area contributed by atoms with Gasteiger partial charge in [0.15, 0.2) is 0 Å². The van der Waals surface area contributed by atoms with Crippen molar-refractivity contribution >= 4 is 11.0 Å². The van der Waals surface area contributed by atoms with Gasteiger partial charge in [-0.3, -0.25) is 4.98 Å². The van der Waals surface area contributed by atoms with E-state index in [0.29, 0.717) is 11.2 Å². The summed E-state index contributed by atoms with van der Waals surface area (Å²) >= 11 is 0. The fourth-order valence-electron chi connectivity index (χ4n) is 1.28. The summed E-state index contributed by atoms with van der Waals surface area (Å²) in [5.41, 5.74) is 0.717. The Hall–Kier alpha value is -1.65. The Kier molecular flexibility index (Phi) is 2.10. The largest absolute Gasteiger partial charge is 0.416 e. The lowest BCUT2D eigenvalue weighted by Crippen LogP contribution is -2.04. The molecule has 0 fully saturated rings. The van der Waals surface area contributed by atoms with Gasteiger partial charge in [0.25, 0.3) is 0 Å². The fraction of sp³-hybridized carbons (Fsp3) is 0.200. The highest BCUT2D eigenvalue weighted by atomic mass is 19.4. The van der Waals surface area contributed by atoms with Crippen LogP contribution in [0, 0.1) is 6.92 Å². The van der Waals surface area contributed by atoms with Gasteiger partial charge >= 0.3 is 6.18 Å². The van der Waals surface area contributed by atoms with Gasteiger partial charge in [0.05, 0.1) is 22.3 Å². The molecule has 1 heterocycles. The number of halogens is 3. The number of benzene rings is 1. The lowest BCUT2D eigenvalue weighted by Gasteiger charge is -2.06. The fourth-order valence-corrected chi connectivity index (χ4v) is 1.28. The normalized spacial score (nSPS) is 12.0. The van der Waals surface area contributed by atoms with Crippen LogP contribution in [-0.2, 0) is 6.18 Å². The first-order chi connectivity index (χ1) is 6.97. The summed E-state index contributed by atoms with van der Waals surface area (Å²) in [5.74, 6) is 0. The van der Waals surface area contributed by atoms with Crippen molar-refractivity contribution in [3.63, 3.8) is 0 Å². The average molecular weight is 212 g/mol. The number of hydrogen-bond donors (Lipinski definition) is 0. The van der Waals surface area contributed by atoms with Crippen molar-refractivity contribution in [1.82, 2.24) is 9.97 Å². The first-order valence-electron chi connectivity index (χ1n) is 4.27. The number of rotatable bonds is 0. The number of alkyl halides is 3. The molecule has 0 N–H and O–H groups in total. The number of aryl methyl sites for hydroxylation is 1. The van der Waals surface area contributed by atoms with Crippen LogP contribution in [0.3, 0.4) is 0 Å². The van der Waals surface area contributed by atoms with Gasteiger partial charge in [0, 0.05) is 6.20 Å². The zero-order chi connectivity index (χ0) is 11.1. The van der Waals surface area contributed by atoms with Crippen molar-refractivity contribution in [3.05, 3.63) is 35.7 Å². The van der Waals surface area contributed by atoms with Crippen LogP contribution >= 0.6 is 0 Å². The van der Waals surface area contributed by atoms with E-state index in [1.54, 1.807) is 6.92 Å². The zero-order valence-corrected chi connectivity index (χ0v) is 7.84. The number of fused-ring (bicyclic) bond motifs is 1. The number of nitrogens with zero attached hydrogens (tertiary/aromatic N) is 2. The second-order valence-corrected chi connectivity index (χ2v) is 3.21. The van der Waals surface area contributed by atoms with Crippen LogP contribution in [0.15, 0.2) is 24.4 Å². The third-order valence-electron chi connectivity index (χ3n) is 1.99. The molecule has 0 saturated carbocycles. The molecule has 0 atom stereocenters. The molecule has 0 aliphatic rings. The first kappa shape index (κ1) is 9.89. The molecule has 78 valence electrons. The molecule has 0 unspecified atom stereocenters. The monoisotopic (exact) mass is 212 g/mol. The average Bonchev–Trinajstić information content (AvgIpc) is 2.15. The predicted molar refractivity (Wildman–Crippen MR) is 49.3 cm³/mol. The van der Waals surface area contributed by atoms with Crippen molar-refractivity contribution in [2.24, 2.45) is 0 Å². The van der Waals surface area contributed by atoms with Crippen LogP contribution in [0.1, 0.15) is 11.3 Å². The molecule has 0 bridgehead atoms. The van der Waals surface area contributed by atoms with Crippen molar-refractivity contribution in [2.45, 2.75) is 13.1 Å². The lowest BCUT2D eigenvalue weighted by atomic mass is 10.2. The van der Waals surface area contributed by atoms with E-state index in [0.717, 1.165) is 12.1 Å². The number of aromatic nitrogens is 2. The highest BCUT2D eigenvalue weighted by Crippen LogP contribution is 2.30. The van der Waals surface area contributed by atoms with E-state index in [4.69, 9.17) is 0 Å². The third-order valence-corrected chi connectivity index (χ3v) is 1.99. The van der Waals surface area contributed by atoms with Gasteiger partial charge in [0.1, 0.15) is 0 Å². The van der Waals surface area contributed by atoms with Gasteiger partial charge < -0.3 is 0 Å². The standard InChI is InChI=1S/C10H7F3N2/c1-6-5-14-9-4-7(10(11,12)13)2-3-8(9)15-6/h2-5H,1H3. The summed E-state index contributed by atoms with van der Waals surface area (Å²) in [6.07, 6.45) is -2.89. The molecule has 2 aromatic rings. The highest BCUT2D eigenvalue weighted by molar-refractivity contribution is 5.74. The molecular formula is C10H7F3N2. The molecule has 0 aliphatic carbocycles. The molecule has 0 amide bonds. The molecule has 15 heavy (non-hydrogen) atoms. The Morgan fingerprint density at radius 1 is 1.13 bits per heavy atom. The van der Waals surface area contributed by atoms with Crippen LogP contribution < -0.4 is 0 Å². The van der Waals surface area contributed by atoms with Gasteiger partial charge in [-0.1, -0.05) is 0 Å². The molecular weight excluding hydrogens is 205 g/mol. The van der Waals surface area contributed by atoms with Gasteiger partial charge in [-0.2, -0.15) is 13.2 Å². The summed E-state index contributed by atoms with van der Waals surface area (Å²) in [5, 5.41) is 0. The van der Waals surface area contributed by atoms with E-state index in [2.05, 4.69) is 9.97 Å². The van der Waals surface area contributed by atoms with Gasteiger partial charge in [0.2, 0.25) is 0 Å². The summed E-state index contributed by atoms with van der Waals surface area (Å²) in [4.78, 5) is 7.96. The Morgan fingerprint density at radius 3 is 2.53 bits per heavy atom. The van der Waals surface area contributed by atoms with Gasteiger partial charge in [-0.15, -0.1) is 0 Å². The van der Waals surface area contributed by atoms with Crippen molar-refractivity contribution in [2.75, 3.05) is 0 Å². The summed E-state index contributed by atoms with van der Waals surface area (Å²) in [6.45, 7) is 1.74. The van der Waals surface area contributed by atoms with E-state index >= 15 is 0 Å². The minimum absolute atomic E-state index is 0.260. The van der Waals surface area contributed by atoms with E-state index in [1.165, 1.54) is 12.3 Å². The molecule has 5 heteroatoms. The maximum absolute atomic E-state index is 12.3. The van der Waals surface area contributed by atoms with E-state index in [-0.39, 0.29) is 5.52 Å². The molecule has 2 nitrogen and oxygen atoms in total. The predicted octanol–water partition coefficient (Wildman–Crippen LogP) is 2.96. The summed E-state index contributed by atoms with van der Waals surface area (Å²) in [7, 11) is 0. The molecule has 1 aromatic heterocycles. The Balaban J connectivity index is 2.62. The molecule has 2 rings (SSSR count). The summed E-state index contributed by atoms with van der Waals surface area (Å²) < 4.78 is 37.0. The van der Waals surface area contributed by atoms with Gasteiger partial charge in [-0.05, 0) is 25.1 Å².